The van der Waals surface area contributed by atoms with E-state index in [-0.39, 0.29) is 12.6 Å². The molecule has 0 aromatic rings. The number of methoxy groups -OCH3 is 1. The third-order valence-electron chi connectivity index (χ3n) is 2.09. The van der Waals surface area contributed by atoms with Crippen LogP contribution in [0.3, 0.4) is 0 Å². The van der Waals surface area contributed by atoms with Crippen LogP contribution in [0.5, 0.6) is 0 Å². The normalized spacial score (nSPS) is 13.2. The number of ether oxygens (including phenoxy) is 1. The highest BCUT2D eigenvalue weighted by molar-refractivity contribution is 5.69. The van der Waals surface area contributed by atoms with Crippen LogP contribution in [-0.2, 0) is 9.53 Å². The number of hydrogen-bond acceptors (Lipinski definition) is 3. The number of carboxylic acids is 1. The molecular weight excluding hydrogens is 170 g/mol. The number of rotatable bonds is 7. The average molecular weight is 189 g/mol. The summed E-state index contributed by atoms with van der Waals surface area (Å²) in [5, 5.41) is 8.65. The first-order valence-electron chi connectivity index (χ1n) is 4.60. The van der Waals surface area contributed by atoms with E-state index in [2.05, 4.69) is 0 Å². The fourth-order valence-corrected chi connectivity index (χ4v) is 1.35. The fraction of sp³-hybridized carbons (Fsp3) is 0.889. The Morgan fingerprint density at radius 1 is 1.54 bits per heavy atom. The molecule has 78 valence electrons. The van der Waals surface area contributed by atoms with Crippen molar-refractivity contribution in [3.63, 3.8) is 0 Å². The van der Waals surface area contributed by atoms with E-state index in [0.29, 0.717) is 6.61 Å². The maximum absolute atomic E-state index is 10.5. The zero-order valence-electron chi connectivity index (χ0n) is 8.62. The molecule has 13 heavy (non-hydrogen) atoms. The van der Waals surface area contributed by atoms with Gasteiger partial charge in [0.15, 0.2) is 0 Å². The van der Waals surface area contributed by atoms with Gasteiger partial charge in [-0.25, -0.2) is 0 Å². The standard InChI is InChI=1S/C9H19NO3/c1-4-8(7-13-3)10(5-2)6-9(11)12/h8H,4-7H2,1-3H3,(H,11,12). The minimum Gasteiger partial charge on any atom is -0.480 e. The van der Waals surface area contributed by atoms with Crippen LogP contribution in [0.15, 0.2) is 0 Å². The second-order valence-electron chi connectivity index (χ2n) is 2.97. The highest BCUT2D eigenvalue weighted by atomic mass is 16.5. The van der Waals surface area contributed by atoms with E-state index in [4.69, 9.17) is 9.84 Å². The summed E-state index contributed by atoms with van der Waals surface area (Å²) in [4.78, 5) is 12.4. The molecule has 0 aliphatic heterocycles. The van der Waals surface area contributed by atoms with Crippen LogP contribution >= 0.6 is 0 Å². The van der Waals surface area contributed by atoms with E-state index < -0.39 is 5.97 Å². The molecule has 0 bridgehead atoms. The molecule has 0 radical (unpaired) electrons. The third kappa shape index (κ3) is 4.85. The summed E-state index contributed by atoms with van der Waals surface area (Å²) in [7, 11) is 1.64. The Labute approximate surface area is 79.5 Å². The number of carboxylic acid groups (broad SMARTS) is 1. The van der Waals surface area contributed by atoms with Crippen molar-refractivity contribution in [1.29, 1.82) is 0 Å². The smallest absolute Gasteiger partial charge is 0.317 e. The topological polar surface area (TPSA) is 49.8 Å². The van der Waals surface area contributed by atoms with Crippen molar-refractivity contribution < 1.29 is 14.6 Å². The molecule has 1 atom stereocenters. The first-order valence-corrected chi connectivity index (χ1v) is 4.60. The van der Waals surface area contributed by atoms with Crippen molar-refractivity contribution in [3.8, 4) is 0 Å². The van der Waals surface area contributed by atoms with Gasteiger partial charge in [0.2, 0.25) is 0 Å². The summed E-state index contributed by atoms with van der Waals surface area (Å²) in [5.74, 6) is -0.781. The maximum Gasteiger partial charge on any atom is 0.317 e. The Morgan fingerprint density at radius 2 is 2.15 bits per heavy atom. The van der Waals surface area contributed by atoms with E-state index in [9.17, 15) is 4.79 Å². The fourth-order valence-electron chi connectivity index (χ4n) is 1.35. The van der Waals surface area contributed by atoms with E-state index in [0.717, 1.165) is 13.0 Å². The molecule has 1 unspecified atom stereocenters. The van der Waals surface area contributed by atoms with Crippen LogP contribution in [0.4, 0.5) is 0 Å². The van der Waals surface area contributed by atoms with Gasteiger partial charge in [-0.05, 0) is 13.0 Å². The second-order valence-corrected chi connectivity index (χ2v) is 2.97. The minimum atomic E-state index is -0.781. The predicted molar refractivity (Wildman–Crippen MR) is 50.8 cm³/mol. The quantitative estimate of drug-likeness (QED) is 0.644. The molecule has 0 aliphatic carbocycles. The molecule has 0 saturated heterocycles. The van der Waals surface area contributed by atoms with Crippen molar-refractivity contribution in [2.45, 2.75) is 26.3 Å². The van der Waals surface area contributed by atoms with Gasteiger partial charge in [-0.15, -0.1) is 0 Å². The molecule has 0 heterocycles. The number of nitrogens with zero attached hydrogens (tertiary/aromatic N) is 1. The van der Waals surface area contributed by atoms with Crippen molar-refractivity contribution in [3.05, 3.63) is 0 Å². The number of hydrogen-bond donors (Lipinski definition) is 1. The molecule has 4 heteroatoms. The molecule has 1 N–H and O–H groups in total. The monoisotopic (exact) mass is 189 g/mol. The van der Waals surface area contributed by atoms with Crippen molar-refractivity contribution in [2.24, 2.45) is 0 Å². The van der Waals surface area contributed by atoms with Gasteiger partial charge in [0.25, 0.3) is 0 Å². The van der Waals surface area contributed by atoms with Gasteiger partial charge in [-0.2, -0.15) is 0 Å². The molecule has 0 aromatic carbocycles. The van der Waals surface area contributed by atoms with Gasteiger partial charge < -0.3 is 9.84 Å². The summed E-state index contributed by atoms with van der Waals surface area (Å²) in [6.45, 7) is 5.43. The molecule has 0 amide bonds. The van der Waals surface area contributed by atoms with Crippen LogP contribution < -0.4 is 0 Å². The predicted octanol–water partition coefficient (Wildman–Crippen LogP) is 0.818. The zero-order valence-corrected chi connectivity index (χ0v) is 8.62. The lowest BCUT2D eigenvalue weighted by Crippen LogP contribution is -2.41. The van der Waals surface area contributed by atoms with Crippen molar-refractivity contribution in [2.75, 3.05) is 26.8 Å². The highest BCUT2D eigenvalue weighted by Gasteiger charge is 2.17. The summed E-state index contributed by atoms with van der Waals surface area (Å²) in [6.07, 6.45) is 0.912. The molecule has 0 fully saturated rings. The first kappa shape index (κ1) is 12.4. The lowest BCUT2D eigenvalue weighted by molar-refractivity contribution is -0.139. The van der Waals surface area contributed by atoms with E-state index in [1.165, 1.54) is 0 Å². The first-order chi connectivity index (χ1) is 6.15. The summed E-state index contributed by atoms with van der Waals surface area (Å²) < 4.78 is 5.02. The third-order valence-corrected chi connectivity index (χ3v) is 2.09. The van der Waals surface area contributed by atoms with Crippen LogP contribution in [0.1, 0.15) is 20.3 Å². The summed E-state index contributed by atoms with van der Waals surface area (Å²) >= 11 is 0. The number of aliphatic carboxylic acids is 1. The largest absolute Gasteiger partial charge is 0.480 e. The average Bonchev–Trinajstić information content (AvgIpc) is 2.10. The Bertz CT molecular complexity index is 150. The highest BCUT2D eigenvalue weighted by Crippen LogP contribution is 2.03. The van der Waals surface area contributed by atoms with Crippen LogP contribution in [0.2, 0.25) is 0 Å². The molecular formula is C9H19NO3. The van der Waals surface area contributed by atoms with Gasteiger partial charge in [-0.1, -0.05) is 13.8 Å². The van der Waals surface area contributed by atoms with Gasteiger partial charge >= 0.3 is 5.97 Å². The number of carbonyl (C=O) groups is 1. The van der Waals surface area contributed by atoms with Crippen LogP contribution in [0.25, 0.3) is 0 Å². The van der Waals surface area contributed by atoms with Gasteiger partial charge in [0, 0.05) is 13.2 Å². The van der Waals surface area contributed by atoms with Crippen molar-refractivity contribution >= 4 is 5.97 Å². The van der Waals surface area contributed by atoms with Gasteiger partial charge in [-0.3, -0.25) is 9.69 Å². The van der Waals surface area contributed by atoms with E-state index >= 15 is 0 Å². The molecule has 0 spiro atoms. The second kappa shape index (κ2) is 6.86. The Morgan fingerprint density at radius 3 is 2.46 bits per heavy atom. The molecule has 0 aromatic heterocycles. The lowest BCUT2D eigenvalue weighted by atomic mass is 10.2. The van der Waals surface area contributed by atoms with E-state index in [1.54, 1.807) is 7.11 Å². The SMILES string of the molecule is CCC(COC)N(CC)CC(=O)O. The lowest BCUT2D eigenvalue weighted by Gasteiger charge is -2.27. The maximum atomic E-state index is 10.5. The molecule has 0 saturated carbocycles. The Balaban J connectivity index is 4.07. The van der Waals surface area contributed by atoms with Gasteiger partial charge in [0.1, 0.15) is 0 Å². The minimum absolute atomic E-state index is 0.0956. The van der Waals surface area contributed by atoms with Gasteiger partial charge in [0.05, 0.1) is 13.2 Å². The molecule has 0 rings (SSSR count). The molecule has 0 aliphatic rings. The Kier molecular flexibility index (Phi) is 6.54. The van der Waals surface area contributed by atoms with Crippen LogP contribution in [-0.4, -0.2) is 48.8 Å². The Hall–Kier alpha value is -0.610. The number of likely N-dealkylation sites (N-methyl/N-ethyl adjacent to an activating group) is 1. The van der Waals surface area contributed by atoms with Crippen molar-refractivity contribution in [1.82, 2.24) is 4.90 Å². The molecule has 4 nitrogen and oxygen atoms in total. The van der Waals surface area contributed by atoms with E-state index in [1.807, 2.05) is 18.7 Å². The summed E-state index contributed by atoms with van der Waals surface area (Å²) in [5.41, 5.74) is 0. The summed E-state index contributed by atoms with van der Waals surface area (Å²) in [6, 6.07) is 0.214. The zero-order chi connectivity index (χ0) is 10.3. The van der Waals surface area contributed by atoms with Crippen LogP contribution in [0, 0.1) is 0 Å².